The number of nitrogen functional groups attached to an aromatic ring is 1. The molecule has 0 radical (unpaired) electrons. The van der Waals surface area contributed by atoms with E-state index in [0.717, 1.165) is 4.90 Å². The van der Waals surface area contributed by atoms with Crippen molar-refractivity contribution in [1.29, 1.82) is 0 Å². The number of carbonyl (C=O) groups is 2. The first-order valence-electron chi connectivity index (χ1n) is 9.42. The van der Waals surface area contributed by atoms with Crippen molar-refractivity contribution in [2.45, 2.75) is 44.2 Å². The third kappa shape index (κ3) is 4.11. The summed E-state index contributed by atoms with van der Waals surface area (Å²) < 4.78 is 32.5. The first-order valence-corrected chi connectivity index (χ1v) is 10.9. The van der Waals surface area contributed by atoms with Gasteiger partial charge in [-0.15, -0.1) is 0 Å². The molecule has 1 fully saturated rings. The van der Waals surface area contributed by atoms with Crippen molar-refractivity contribution in [1.82, 2.24) is 9.21 Å². The Morgan fingerprint density at radius 1 is 1.13 bits per heavy atom. The van der Waals surface area contributed by atoms with Gasteiger partial charge in [-0.25, -0.2) is 27.2 Å². The Kier molecular flexibility index (Phi) is 5.51. The zero-order valence-electron chi connectivity index (χ0n) is 17.3. The van der Waals surface area contributed by atoms with Crippen LogP contribution in [0.15, 0.2) is 53.4 Å². The maximum absolute atomic E-state index is 13.2. The van der Waals surface area contributed by atoms with Crippen molar-refractivity contribution in [3.8, 4) is 0 Å². The highest BCUT2D eigenvalue weighted by atomic mass is 32.2. The largest absolute Gasteiger partial charge is 0.443 e. The summed E-state index contributed by atoms with van der Waals surface area (Å²) in [6.07, 6.45) is -0.896. The number of anilines is 1. The van der Waals surface area contributed by atoms with Gasteiger partial charge >= 0.3 is 12.1 Å². The fraction of sp³-hybridized carbons (Fsp3) is 0.333. The molecular weight excluding hydrogens is 406 g/mol. The number of aryl methyl sites for hydroxylation is 1. The van der Waals surface area contributed by atoms with Gasteiger partial charge in [0.15, 0.2) is 0 Å². The lowest BCUT2D eigenvalue weighted by Gasteiger charge is -2.26. The molecule has 0 aromatic heterocycles. The molecule has 2 aromatic rings. The predicted molar refractivity (Wildman–Crippen MR) is 112 cm³/mol. The van der Waals surface area contributed by atoms with Crippen molar-refractivity contribution in [2.75, 3.05) is 12.3 Å². The second-order valence-corrected chi connectivity index (χ2v) is 9.98. The van der Waals surface area contributed by atoms with Crippen molar-refractivity contribution in [3.05, 3.63) is 59.7 Å². The van der Waals surface area contributed by atoms with E-state index < -0.39 is 33.8 Å². The van der Waals surface area contributed by atoms with Gasteiger partial charge < -0.3 is 10.5 Å². The van der Waals surface area contributed by atoms with Gasteiger partial charge in [-0.1, -0.05) is 30.3 Å². The fourth-order valence-corrected chi connectivity index (χ4v) is 4.60. The third-order valence-electron chi connectivity index (χ3n) is 4.67. The van der Waals surface area contributed by atoms with Crippen LogP contribution in [0.4, 0.5) is 15.3 Å². The Morgan fingerprint density at radius 2 is 1.77 bits per heavy atom. The average molecular weight is 432 g/mol. The quantitative estimate of drug-likeness (QED) is 0.743. The van der Waals surface area contributed by atoms with Crippen LogP contribution in [0.2, 0.25) is 0 Å². The lowest BCUT2D eigenvalue weighted by Crippen LogP contribution is -2.42. The van der Waals surface area contributed by atoms with Crippen LogP contribution in [0.3, 0.4) is 0 Å². The van der Waals surface area contributed by atoms with Gasteiger partial charge in [0.25, 0.3) is 10.0 Å². The molecule has 0 unspecified atom stereocenters. The van der Waals surface area contributed by atoms with Crippen molar-refractivity contribution >= 4 is 27.8 Å². The van der Waals surface area contributed by atoms with Gasteiger partial charge in [-0.2, -0.15) is 0 Å². The van der Waals surface area contributed by atoms with E-state index in [9.17, 15) is 18.0 Å². The van der Waals surface area contributed by atoms with Crippen LogP contribution in [0, 0.1) is 6.92 Å². The summed E-state index contributed by atoms with van der Waals surface area (Å²) in [6, 6.07) is 11.3. The van der Waals surface area contributed by atoms with Crippen LogP contribution in [-0.4, -0.2) is 41.9 Å². The van der Waals surface area contributed by atoms with Crippen LogP contribution in [0.25, 0.3) is 0 Å². The number of hydrogen-bond donors (Lipinski definition) is 1. The summed E-state index contributed by atoms with van der Waals surface area (Å²) in [4.78, 5) is 26.7. The number of urea groups is 1. The SMILES string of the molecule is Cc1cc(S(=O)(=O)N2C[C@H](c3ccccc3)N(C(=O)OC(C)(C)C)C2=O)ccc1N. The fourth-order valence-electron chi connectivity index (χ4n) is 3.15. The highest BCUT2D eigenvalue weighted by molar-refractivity contribution is 7.89. The smallest absolute Gasteiger partial charge is 0.419 e. The molecule has 30 heavy (non-hydrogen) atoms. The summed E-state index contributed by atoms with van der Waals surface area (Å²) >= 11 is 0. The number of sulfonamides is 1. The molecule has 0 aliphatic carbocycles. The monoisotopic (exact) mass is 431 g/mol. The number of benzene rings is 2. The number of amides is 3. The molecule has 1 aliphatic heterocycles. The molecule has 1 aliphatic rings. The van der Waals surface area contributed by atoms with Crippen LogP contribution in [0.1, 0.15) is 37.9 Å². The van der Waals surface area contributed by atoms with E-state index in [0.29, 0.717) is 21.1 Å². The summed E-state index contributed by atoms with van der Waals surface area (Å²) in [5.41, 5.74) is 6.59. The van der Waals surface area contributed by atoms with Crippen molar-refractivity contribution in [2.24, 2.45) is 0 Å². The standard InChI is InChI=1S/C21H25N3O5S/c1-14-12-16(10-11-17(14)22)30(27,28)23-13-18(15-8-6-5-7-9-15)24(19(23)25)20(26)29-21(2,3)4/h5-12,18H,13,22H2,1-4H3/t18-/m1/s1. The number of imide groups is 1. The Hall–Kier alpha value is -3.07. The topological polar surface area (TPSA) is 110 Å². The van der Waals surface area contributed by atoms with E-state index in [1.54, 1.807) is 58.0 Å². The minimum Gasteiger partial charge on any atom is -0.443 e. The second kappa shape index (κ2) is 7.64. The van der Waals surface area contributed by atoms with Gasteiger partial charge in [0.1, 0.15) is 5.60 Å². The number of carbonyl (C=O) groups excluding carboxylic acids is 2. The van der Waals surface area contributed by atoms with Gasteiger partial charge in [-0.3, -0.25) is 0 Å². The number of ether oxygens (including phenoxy) is 1. The maximum Gasteiger partial charge on any atom is 0.419 e. The summed E-state index contributed by atoms with van der Waals surface area (Å²) in [6.45, 7) is 6.49. The highest BCUT2D eigenvalue weighted by Gasteiger charge is 2.49. The van der Waals surface area contributed by atoms with Crippen molar-refractivity contribution in [3.63, 3.8) is 0 Å². The molecule has 8 nitrogen and oxygen atoms in total. The molecule has 0 bridgehead atoms. The number of nitrogens with two attached hydrogens (primary N) is 1. The first-order chi connectivity index (χ1) is 13.9. The highest BCUT2D eigenvalue weighted by Crippen LogP contribution is 2.35. The maximum atomic E-state index is 13.2. The molecule has 9 heteroatoms. The lowest BCUT2D eigenvalue weighted by molar-refractivity contribution is 0.0297. The summed E-state index contributed by atoms with van der Waals surface area (Å²) in [5.74, 6) is 0. The van der Waals surface area contributed by atoms with Gasteiger partial charge in [0, 0.05) is 5.69 Å². The Labute approximate surface area is 176 Å². The average Bonchev–Trinajstić information content (AvgIpc) is 3.01. The molecule has 1 heterocycles. The van der Waals surface area contributed by atoms with Gasteiger partial charge in [-0.05, 0) is 57.0 Å². The Morgan fingerprint density at radius 3 is 2.33 bits per heavy atom. The Balaban J connectivity index is 2.04. The van der Waals surface area contributed by atoms with E-state index in [-0.39, 0.29) is 11.4 Å². The first kappa shape index (κ1) is 21.6. The normalized spacial score (nSPS) is 17.3. The zero-order chi connectivity index (χ0) is 22.3. The molecule has 0 saturated carbocycles. The summed E-state index contributed by atoms with van der Waals surface area (Å²) in [7, 11) is -4.20. The zero-order valence-corrected chi connectivity index (χ0v) is 18.1. The minimum atomic E-state index is -4.20. The number of hydrogen-bond acceptors (Lipinski definition) is 6. The van der Waals surface area contributed by atoms with Crippen LogP contribution in [-0.2, 0) is 14.8 Å². The molecular formula is C21H25N3O5S. The lowest BCUT2D eigenvalue weighted by atomic mass is 10.1. The third-order valence-corrected chi connectivity index (χ3v) is 6.41. The van der Waals surface area contributed by atoms with Crippen LogP contribution >= 0.6 is 0 Å². The molecule has 3 rings (SSSR count). The van der Waals surface area contributed by atoms with Gasteiger partial charge in [0.2, 0.25) is 0 Å². The molecule has 3 amide bonds. The van der Waals surface area contributed by atoms with E-state index in [4.69, 9.17) is 10.5 Å². The van der Waals surface area contributed by atoms with Gasteiger partial charge in [0.05, 0.1) is 17.5 Å². The Bertz CT molecular complexity index is 1080. The summed E-state index contributed by atoms with van der Waals surface area (Å²) in [5, 5.41) is 0. The van der Waals surface area contributed by atoms with E-state index in [1.165, 1.54) is 18.2 Å². The second-order valence-electron chi connectivity index (χ2n) is 8.11. The van der Waals surface area contributed by atoms with Crippen LogP contribution in [0.5, 0.6) is 0 Å². The minimum absolute atomic E-state index is 0.0691. The molecule has 160 valence electrons. The number of rotatable bonds is 3. The predicted octanol–water partition coefficient (Wildman–Crippen LogP) is 3.68. The van der Waals surface area contributed by atoms with E-state index >= 15 is 0 Å². The van der Waals surface area contributed by atoms with E-state index in [1.807, 2.05) is 0 Å². The molecule has 0 spiro atoms. The van der Waals surface area contributed by atoms with Crippen molar-refractivity contribution < 1.29 is 22.7 Å². The molecule has 1 saturated heterocycles. The molecule has 2 aromatic carbocycles. The molecule has 2 N–H and O–H groups in total. The van der Waals surface area contributed by atoms with E-state index in [2.05, 4.69) is 0 Å². The van der Waals surface area contributed by atoms with Crippen LogP contribution < -0.4 is 5.73 Å². The molecule has 1 atom stereocenters. The number of nitrogens with zero attached hydrogens (tertiary/aromatic N) is 2.